The van der Waals surface area contributed by atoms with Gasteiger partial charge in [0.2, 0.25) is 0 Å². The van der Waals surface area contributed by atoms with Crippen LogP contribution in [0, 0.1) is 6.20 Å². The first kappa shape index (κ1) is 3.72. The summed E-state index contributed by atoms with van der Waals surface area (Å²) in [5.41, 5.74) is 0. The van der Waals surface area contributed by atoms with Crippen molar-refractivity contribution in [2.24, 2.45) is 0 Å². The van der Waals surface area contributed by atoms with Crippen LogP contribution >= 0.6 is 0 Å². The summed E-state index contributed by atoms with van der Waals surface area (Å²) in [6.07, 6.45) is 6.26. The van der Waals surface area contributed by atoms with E-state index in [-0.39, 0.29) is 0 Å². The molecule has 1 aliphatic rings. The van der Waals surface area contributed by atoms with Gasteiger partial charge in [-0.15, -0.1) is 0 Å². The summed E-state index contributed by atoms with van der Waals surface area (Å²) in [6, 6.07) is 0. The Morgan fingerprint density at radius 1 is 1.83 bits per heavy atom. The van der Waals surface area contributed by atoms with E-state index in [4.69, 9.17) is 0 Å². The lowest BCUT2D eigenvalue weighted by atomic mass is 10.5. The predicted octanol–water partition coefficient (Wildman–Crippen LogP) is 0.639. The topological polar surface area (TPSA) is 3.24 Å². The Hall–Kier alpha value is -0.460. The fourth-order valence-electron chi connectivity index (χ4n) is 0.543. The Kier molecular flexibility index (Phi) is 0.825. The number of rotatable bonds is 0. The summed E-state index contributed by atoms with van der Waals surface area (Å²) in [6.45, 7) is 1.15. The maximum Gasteiger partial charge on any atom is 0.0558 e. The highest BCUT2D eigenvalue weighted by Gasteiger charge is 1.94. The molecular formula is C5H8N. The van der Waals surface area contributed by atoms with Crippen LogP contribution in [-0.4, -0.2) is 18.5 Å². The number of nitrogens with zero attached hydrogens (tertiary/aromatic N) is 1. The molecule has 0 atom stereocenters. The Balaban J connectivity index is 2.38. The molecule has 0 saturated carbocycles. The lowest BCUT2D eigenvalue weighted by molar-refractivity contribution is 0.478. The van der Waals surface area contributed by atoms with Crippen molar-refractivity contribution in [2.75, 3.05) is 13.6 Å². The molecule has 1 rings (SSSR count). The van der Waals surface area contributed by atoms with E-state index in [1.165, 1.54) is 6.42 Å². The first-order valence-corrected chi connectivity index (χ1v) is 2.18. The van der Waals surface area contributed by atoms with Crippen LogP contribution in [-0.2, 0) is 0 Å². The van der Waals surface area contributed by atoms with E-state index in [0.29, 0.717) is 0 Å². The molecule has 0 spiro atoms. The van der Waals surface area contributed by atoms with E-state index < -0.39 is 0 Å². The number of hydrogen-bond acceptors (Lipinski definition) is 1. The third-order valence-corrected chi connectivity index (χ3v) is 0.921. The molecule has 1 nitrogen and oxygen atoms in total. The summed E-state index contributed by atoms with van der Waals surface area (Å²) in [7, 11) is 2.03. The van der Waals surface area contributed by atoms with Gasteiger partial charge in [0.1, 0.15) is 0 Å². The zero-order valence-electron chi connectivity index (χ0n) is 3.94. The molecule has 0 N–H and O–H groups in total. The molecule has 0 aromatic heterocycles. The molecule has 0 saturated heterocycles. The van der Waals surface area contributed by atoms with Crippen molar-refractivity contribution < 1.29 is 0 Å². The SMILES string of the molecule is CN1[C]=CCC1. The Labute approximate surface area is 38.3 Å². The highest BCUT2D eigenvalue weighted by Crippen LogP contribution is 1.96. The minimum Gasteiger partial charge on any atom is -0.373 e. The van der Waals surface area contributed by atoms with Gasteiger partial charge < -0.3 is 4.90 Å². The molecule has 33 valence electrons. The standard InChI is InChI=1S/C5H8N/c1-6-4-2-3-5-6/h2H,3,5H2,1H3. The molecule has 0 aliphatic carbocycles. The van der Waals surface area contributed by atoms with Crippen molar-refractivity contribution >= 4 is 0 Å². The smallest absolute Gasteiger partial charge is 0.0558 e. The second-order valence-corrected chi connectivity index (χ2v) is 1.54. The van der Waals surface area contributed by atoms with Gasteiger partial charge in [0, 0.05) is 13.6 Å². The summed E-state index contributed by atoms with van der Waals surface area (Å²) in [5, 5.41) is 0. The molecule has 0 aromatic carbocycles. The molecule has 6 heavy (non-hydrogen) atoms. The van der Waals surface area contributed by atoms with Crippen LogP contribution in [0.15, 0.2) is 6.08 Å². The zero-order valence-corrected chi connectivity index (χ0v) is 3.94. The van der Waals surface area contributed by atoms with E-state index in [2.05, 4.69) is 17.2 Å². The molecule has 1 heteroatoms. The third-order valence-electron chi connectivity index (χ3n) is 0.921. The van der Waals surface area contributed by atoms with Crippen LogP contribution in [0.1, 0.15) is 6.42 Å². The fraction of sp³-hybridized carbons (Fsp3) is 0.600. The second-order valence-electron chi connectivity index (χ2n) is 1.54. The highest BCUT2D eigenvalue weighted by atomic mass is 15.1. The van der Waals surface area contributed by atoms with Gasteiger partial charge >= 0.3 is 0 Å². The highest BCUT2D eigenvalue weighted by molar-refractivity contribution is 4.81. The zero-order chi connectivity index (χ0) is 4.41. The third kappa shape index (κ3) is 0.534. The summed E-state index contributed by atoms with van der Waals surface area (Å²) < 4.78 is 0. The van der Waals surface area contributed by atoms with Crippen molar-refractivity contribution in [1.29, 1.82) is 0 Å². The molecule has 0 amide bonds. The fourth-order valence-corrected chi connectivity index (χ4v) is 0.543. The van der Waals surface area contributed by atoms with Crippen molar-refractivity contribution in [3.63, 3.8) is 0 Å². The molecule has 0 bridgehead atoms. The van der Waals surface area contributed by atoms with Crippen LogP contribution in [0.3, 0.4) is 0 Å². The molecule has 0 fully saturated rings. The molecule has 0 unspecified atom stereocenters. The maximum atomic E-state index is 3.03. The van der Waals surface area contributed by atoms with Crippen LogP contribution in [0.5, 0.6) is 0 Å². The monoisotopic (exact) mass is 82.1 g/mol. The van der Waals surface area contributed by atoms with Gasteiger partial charge in [0.15, 0.2) is 0 Å². The Morgan fingerprint density at radius 2 is 2.67 bits per heavy atom. The number of hydrogen-bond donors (Lipinski definition) is 0. The molecule has 1 aliphatic heterocycles. The van der Waals surface area contributed by atoms with E-state index >= 15 is 0 Å². The van der Waals surface area contributed by atoms with Crippen LogP contribution in [0.4, 0.5) is 0 Å². The van der Waals surface area contributed by atoms with Gasteiger partial charge in [-0.1, -0.05) is 6.08 Å². The summed E-state index contributed by atoms with van der Waals surface area (Å²) in [5.74, 6) is 0. The van der Waals surface area contributed by atoms with Crippen molar-refractivity contribution in [3.05, 3.63) is 12.3 Å². The molecule has 1 heterocycles. The lowest BCUT2D eigenvalue weighted by Gasteiger charge is -2.01. The van der Waals surface area contributed by atoms with Crippen LogP contribution in [0.25, 0.3) is 0 Å². The minimum atomic E-state index is 1.15. The Morgan fingerprint density at radius 3 is 2.83 bits per heavy atom. The van der Waals surface area contributed by atoms with Crippen molar-refractivity contribution in [3.8, 4) is 0 Å². The van der Waals surface area contributed by atoms with Gasteiger partial charge in [0.25, 0.3) is 0 Å². The van der Waals surface area contributed by atoms with E-state index in [9.17, 15) is 0 Å². The Bertz CT molecular complexity index is 66.3. The van der Waals surface area contributed by atoms with E-state index in [1.807, 2.05) is 7.05 Å². The van der Waals surface area contributed by atoms with Gasteiger partial charge in [-0.3, -0.25) is 0 Å². The van der Waals surface area contributed by atoms with Crippen molar-refractivity contribution in [1.82, 2.24) is 4.90 Å². The molecular weight excluding hydrogens is 74.1 g/mol. The average molecular weight is 82.1 g/mol. The van der Waals surface area contributed by atoms with Crippen molar-refractivity contribution in [2.45, 2.75) is 6.42 Å². The summed E-state index contributed by atoms with van der Waals surface area (Å²) in [4.78, 5) is 2.06. The first-order chi connectivity index (χ1) is 2.89. The van der Waals surface area contributed by atoms with E-state index in [1.54, 1.807) is 0 Å². The minimum absolute atomic E-state index is 1.15. The van der Waals surface area contributed by atoms with Gasteiger partial charge in [-0.05, 0) is 6.42 Å². The van der Waals surface area contributed by atoms with Crippen LogP contribution in [0.2, 0.25) is 0 Å². The van der Waals surface area contributed by atoms with E-state index in [0.717, 1.165) is 6.54 Å². The first-order valence-electron chi connectivity index (χ1n) is 2.18. The van der Waals surface area contributed by atoms with Gasteiger partial charge in [0.05, 0.1) is 6.20 Å². The largest absolute Gasteiger partial charge is 0.373 e. The predicted molar refractivity (Wildman–Crippen MR) is 25.1 cm³/mol. The van der Waals surface area contributed by atoms with Gasteiger partial charge in [-0.2, -0.15) is 0 Å². The average Bonchev–Trinajstić information content (AvgIpc) is 1.86. The molecule has 1 radical (unpaired) electrons. The van der Waals surface area contributed by atoms with Crippen LogP contribution < -0.4 is 0 Å². The van der Waals surface area contributed by atoms with Gasteiger partial charge in [-0.25, -0.2) is 0 Å². The molecule has 0 aromatic rings. The maximum absolute atomic E-state index is 3.03. The normalized spacial score (nSPS) is 19.8. The quantitative estimate of drug-likeness (QED) is 0.414. The second kappa shape index (κ2) is 1.33. The summed E-state index contributed by atoms with van der Waals surface area (Å²) >= 11 is 0. The lowest BCUT2D eigenvalue weighted by Crippen LogP contribution is -2.05.